The van der Waals surface area contributed by atoms with Crippen molar-refractivity contribution in [2.45, 2.75) is 60.0 Å². The van der Waals surface area contributed by atoms with Gasteiger partial charge in [-0.3, -0.25) is 19.2 Å². The van der Waals surface area contributed by atoms with Crippen LogP contribution in [0.4, 0.5) is 0 Å². The fraction of sp³-hybridized carbons (Fsp3) is 0.286. The van der Waals surface area contributed by atoms with Gasteiger partial charge in [0.15, 0.2) is 28.8 Å². The molecule has 0 aromatic heterocycles. The highest BCUT2D eigenvalue weighted by Gasteiger charge is 2.29. The number of ketones is 1. The predicted octanol–water partition coefficient (Wildman–Crippen LogP) is 9.79. The van der Waals surface area contributed by atoms with Crippen LogP contribution in [0.2, 0.25) is 0 Å². The minimum atomic E-state index is -0.431. The van der Waals surface area contributed by atoms with Gasteiger partial charge in [0.05, 0.1) is 28.9 Å². The third kappa shape index (κ3) is 14.3. The molecule has 3 amide bonds. The lowest BCUT2D eigenvalue weighted by Gasteiger charge is -2.23. The van der Waals surface area contributed by atoms with Crippen LogP contribution in [0.1, 0.15) is 97.3 Å². The maximum atomic E-state index is 14.5. The van der Waals surface area contributed by atoms with Gasteiger partial charge in [0, 0.05) is 33.2 Å². The first-order valence-electron chi connectivity index (χ1n) is 23.0. The van der Waals surface area contributed by atoms with Crippen LogP contribution in [0.5, 0.6) is 23.0 Å². The Labute approximate surface area is 399 Å². The number of carbonyl (C=O) groups excluding carboxylic acids is 4. The third-order valence-electron chi connectivity index (χ3n) is 11.4. The minimum absolute atomic E-state index is 0.0979. The molecule has 0 aliphatic carbocycles. The van der Waals surface area contributed by atoms with E-state index in [0.29, 0.717) is 13.2 Å². The summed E-state index contributed by atoms with van der Waals surface area (Å²) in [7, 11) is 1.56. The second-order valence-corrected chi connectivity index (χ2v) is 16.5. The first kappa shape index (κ1) is 50.0. The number of Topliss-reactive ketones (excluding diaryl/α,β-unsaturated/α-hetero) is 1. The Bertz CT molecular complexity index is 2560. The van der Waals surface area contributed by atoms with Crippen LogP contribution in [-0.4, -0.2) is 56.9 Å². The molecule has 12 nitrogen and oxygen atoms in total. The Kier molecular flexibility index (Phi) is 19.1. The van der Waals surface area contributed by atoms with Crippen molar-refractivity contribution in [1.82, 2.24) is 16.0 Å². The zero-order valence-electron chi connectivity index (χ0n) is 39.3. The number of amides is 3. The molecule has 6 aromatic carbocycles. The van der Waals surface area contributed by atoms with E-state index in [0.717, 1.165) is 28.7 Å². The van der Waals surface area contributed by atoms with Gasteiger partial charge in [-0.15, -0.1) is 0 Å². The molecule has 6 rings (SSSR count). The van der Waals surface area contributed by atoms with Crippen LogP contribution in [0, 0.1) is 11.8 Å². The lowest BCUT2D eigenvalue weighted by Crippen LogP contribution is -2.32. The Morgan fingerprint density at radius 3 is 1.15 bits per heavy atom. The summed E-state index contributed by atoms with van der Waals surface area (Å²) in [5.41, 5.74) is 4.40. The maximum Gasteiger partial charge on any atom is 0.255 e. The van der Waals surface area contributed by atoms with Crippen LogP contribution in [-0.2, 0) is 31.2 Å². The van der Waals surface area contributed by atoms with Crippen molar-refractivity contribution in [3.05, 3.63) is 190 Å². The Balaban J connectivity index is 1.25. The smallest absolute Gasteiger partial charge is 0.255 e. The average Bonchev–Trinajstić information content (AvgIpc) is 3.37. The van der Waals surface area contributed by atoms with E-state index < -0.39 is 11.8 Å². The molecule has 0 aliphatic heterocycles. The lowest BCUT2D eigenvalue weighted by molar-refractivity contribution is 0.0911. The number of nitrogens with one attached hydrogen (secondary N) is 3. The molecule has 0 spiro atoms. The predicted molar refractivity (Wildman–Crippen MR) is 262 cm³/mol. The summed E-state index contributed by atoms with van der Waals surface area (Å²) in [6.45, 7) is 7.65. The topological polar surface area (TPSA) is 151 Å². The number of rotatable bonds is 26. The molecular weight excluding hydrogens is 859 g/mol. The zero-order valence-corrected chi connectivity index (χ0v) is 39.3. The van der Waals surface area contributed by atoms with Gasteiger partial charge < -0.3 is 39.6 Å². The molecule has 0 aliphatic rings. The van der Waals surface area contributed by atoms with E-state index in [9.17, 15) is 19.2 Å². The molecule has 68 heavy (non-hydrogen) atoms. The number of methoxy groups -OCH3 is 1. The quantitative estimate of drug-likeness (QED) is 0.0357. The summed E-state index contributed by atoms with van der Waals surface area (Å²) in [5.74, 6) is -1.17. The average molecular weight is 920 g/mol. The normalized spacial score (nSPS) is 11.7. The molecule has 3 N–H and O–H groups in total. The van der Waals surface area contributed by atoms with Crippen LogP contribution in [0.25, 0.3) is 0 Å². The van der Waals surface area contributed by atoms with Crippen molar-refractivity contribution in [2.75, 3.05) is 33.4 Å². The summed E-state index contributed by atoms with van der Waals surface area (Å²) in [4.78, 5) is 55.9. The van der Waals surface area contributed by atoms with E-state index in [1.165, 1.54) is 0 Å². The second-order valence-electron chi connectivity index (χ2n) is 16.5. The van der Waals surface area contributed by atoms with E-state index in [-0.39, 0.29) is 115 Å². The molecule has 0 radical (unpaired) electrons. The Morgan fingerprint density at radius 2 is 0.779 bits per heavy atom. The Morgan fingerprint density at radius 1 is 0.441 bits per heavy atom. The first-order valence-corrected chi connectivity index (χ1v) is 23.0. The lowest BCUT2D eigenvalue weighted by atomic mass is 9.88. The van der Waals surface area contributed by atoms with Crippen molar-refractivity contribution >= 4 is 23.5 Å². The van der Waals surface area contributed by atoms with Crippen LogP contribution < -0.4 is 34.9 Å². The van der Waals surface area contributed by atoms with Gasteiger partial charge in [-0.25, -0.2) is 0 Å². The monoisotopic (exact) mass is 919 g/mol. The summed E-state index contributed by atoms with van der Waals surface area (Å²) in [5, 5.41) is 8.86. The van der Waals surface area contributed by atoms with Crippen LogP contribution in [0.15, 0.2) is 146 Å². The number of hydrogen-bond donors (Lipinski definition) is 3. The molecule has 0 saturated carbocycles. The van der Waals surface area contributed by atoms with Gasteiger partial charge in [0.2, 0.25) is 0 Å². The number of ether oxygens (including phenoxy) is 5. The van der Waals surface area contributed by atoms with E-state index in [4.69, 9.17) is 23.7 Å². The van der Waals surface area contributed by atoms with Crippen molar-refractivity contribution in [3.8, 4) is 23.0 Å². The van der Waals surface area contributed by atoms with Gasteiger partial charge in [0.25, 0.3) is 17.7 Å². The van der Waals surface area contributed by atoms with E-state index in [2.05, 4.69) is 16.0 Å². The van der Waals surface area contributed by atoms with E-state index >= 15 is 0 Å². The van der Waals surface area contributed by atoms with Crippen LogP contribution in [0.3, 0.4) is 0 Å². The SMILES string of the molecule is CCCNC(=O)c1ccc(C(=O)NCC(C)C(C)CC(=O)c2ccc(C(=O)NCCOC)c(OCc3ccccc3)c2OCc2ccccc2)c(OCc2ccccc2)c1OCc1ccccc1. The summed E-state index contributed by atoms with van der Waals surface area (Å²) in [6.07, 6.45) is 0.834. The zero-order chi connectivity index (χ0) is 48.1. The fourth-order valence-corrected chi connectivity index (χ4v) is 7.22. The van der Waals surface area contributed by atoms with Crippen molar-refractivity contribution in [2.24, 2.45) is 11.8 Å². The molecule has 2 atom stereocenters. The van der Waals surface area contributed by atoms with Gasteiger partial charge in [-0.05, 0) is 64.8 Å². The van der Waals surface area contributed by atoms with Crippen molar-refractivity contribution < 1.29 is 42.9 Å². The number of carbonyl (C=O) groups is 4. The molecule has 0 saturated heterocycles. The highest BCUT2D eigenvalue weighted by molar-refractivity contribution is 6.04. The first-order chi connectivity index (χ1) is 33.2. The standard InChI is InChI=1S/C56H61N3O9/c1-5-30-57-54(61)47-28-29-48(53(68-38-44-24-16-9-17-25-44)52(47)67-37-43-22-14-8-15-23-43)56(63)59-34-40(3)39(2)33-49(60)45-26-27-46(55(62)58-31-32-64-4)51(66-36-42-20-12-7-13-21-42)50(45)65-35-41-18-10-6-11-19-41/h6-29,39-40H,5,30-38H2,1-4H3,(H,57,61)(H,58,62)(H,59,63). The van der Waals surface area contributed by atoms with E-state index in [1.54, 1.807) is 31.4 Å². The molecule has 354 valence electrons. The number of benzene rings is 6. The molecule has 0 fully saturated rings. The van der Waals surface area contributed by atoms with Gasteiger partial charge in [-0.1, -0.05) is 142 Å². The fourth-order valence-electron chi connectivity index (χ4n) is 7.22. The molecule has 6 aromatic rings. The summed E-state index contributed by atoms with van der Waals surface area (Å²) in [6, 6.07) is 44.6. The van der Waals surface area contributed by atoms with Gasteiger partial charge in [-0.2, -0.15) is 0 Å². The highest BCUT2D eigenvalue weighted by atomic mass is 16.5. The molecule has 0 heterocycles. The number of hydrogen-bond acceptors (Lipinski definition) is 9. The molecular formula is C56H61N3O9. The largest absolute Gasteiger partial charge is 0.484 e. The van der Waals surface area contributed by atoms with Crippen molar-refractivity contribution in [1.29, 1.82) is 0 Å². The Hall–Kier alpha value is -7.44. The third-order valence-corrected chi connectivity index (χ3v) is 11.4. The van der Waals surface area contributed by atoms with Crippen LogP contribution >= 0.6 is 0 Å². The van der Waals surface area contributed by atoms with E-state index in [1.807, 2.05) is 142 Å². The molecule has 2 unspecified atom stereocenters. The highest BCUT2D eigenvalue weighted by Crippen LogP contribution is 2.39. The molecule has 12 heteroatoms. The van der Waals surface area contributed by atoms with Crippen molar-refractivity contribution in [3.63, 3.8) is 0 Å². The summed E-state index contributed by atoms with van der Waals surface area (Å²) < 4.78 is 30.8. The second kappa shape index (κ2) is 26.0. The molecule has 0 bridgehead atoms. The van der Waals surface area contributed by atoms with Gasteiger partial charge in [0.1, 0.15) is 26.4 Å². The minimum Gasteiger partial charge on any atom is -0.484 e. The van der Waals surface area contributed by atoms with Gasteiger partial charge >= 0.3 is 0 Å². The maximum absolute atomic E-state index is 14.5. The summed E-state index contributed by atoms with van der Waals surface area (Å²) >= 11 is 0.